The fraction of sp³-hybridized carbons (Fsp3) is 0.769. The Labute approximate surface area is 95.8 Å². The summed E-state index contributed by atoms with van der Waals surface area (Å²) >= 11 is 0. The van der Waals surface area contributed by atoms with Crippen molar-refractivity contribution in [3.05, 3.63) is 16.9 Å². The first-order valence-electron chi connectivity index (χ1n) is 6.33. The minimum absolute atomic E-state index is 0.897. The van der Waals surface area contributed by atoms with E-state index in [2.05, 4.69) is 18.8 Å². The van der Waals surface area contributed by atoms with E-state index < -0.39 is 0 Å². The molecule has 0 N–H and O–H groups in total. The van der Waals surface area contributed by atoms with E-state index in [-0.39, 0.29) is 0 Å². The second-order valence-electron chi connectivity index (χ2n) is 4.38. The first-order chi connectivity index (χ1) is 7.33. The van der Waals surface area contributed by atoms with Gasteiger partial charge in [-0.05, 0) is 25.1 Å². The molecule has 0 amide bonds. The first-order valence-corrected chi connectivity index (χ1v) is 7.33. The van der Waals surface area contributed by atoms with E-state index >= 15 is 0 Å². The summed E-state index contributed by atoms with van der Waals surface area (Å²) in [6.07, 6.45) is 13.1. The van der Waals surface area contributed by atoms with Gasteiger partial charge in [0.15, 0.2) is 0 Å². The van der Waals surface area contributed by atoms with Crippen LogP contribution in [0.15, 0.2) is 6.20 Å². The summed E-state index contributed by atoms with van der Waals surface area (Å²) in [7, 11) is 0.897. The van der Waals surface area contributed by atoms with E-state index in [0.29, 0.717) is 0 Å². The predicted octanol–water partition coefficient (Wildman–Crippen LogP) is 4.71. The largest absolute Gasteiger partial charge is 0.257 e. The van der Waals surface area contributed by atoms with E-state index in [1.807, 2.05) is 6.20 Å². The standard InChI is InChI=1S/C13H24NP/c1-3-4-5-6-7-8-9-10-13-14-11-12(2)15-13/h11,15H,3-10H2,1-2H3. The quantitative estimate of drug-likeness (QED) is 0.584. The molecule has 0 saturated heterocycles. The summed E-state index contributed by atoms with van der Waals surface area (Å²) in [4.78, 5) is 4.43. The summed E-state index contributed by atoms with van der Waals surface area (Å²) in [6.45, 7) is 4.45. The highest BCUT2D eigenvalue weighted by Gasteiger charge is 1.97. The zero-order valence-electron chi connectivity index (χ0n) is 10.2. The molecule has 1 heterocycles. The van der Waals surface area contributed by atoms with Gasteiger partial charge in [-0.2, -0.15) is 0 Å². The molecule has 1 aromatic heterocycles. The topological polar surface area (TPSA) is 12.9 Å². The van der Waals surface area contributed by atoms with Gasteiger partial charge in [-0.25, -0.2) is 0 Å². The Kier molecular flexibility index (Phi) is 6.76. The lowest BCUT2D eigenvalue weighted by atomic mass is 10.1. The Morgan fingerprint density at radius 3 is 2.33 bits per heavy atom. The lowest BCUT2D eigenvalue weighted by molar-refractivity contribution is 0.589. The molecule has 2 heteroatoms. The molecule has 1 atom stereocenters. The van der Waals surface area contributed by atoms with Crippen LogP contribution in [0.5, 0.6) is 0 Å². The van der Waals surface area contributed by atoms with Gasteiger partial charge in [0.25, 0.3) is 0 Å². The molecule has 0 saturated carbocycles. The average molecular weight is 225 g/mol. The molecule has 86 valence electrons. The second kappa shape index (κ2) is 7.93. The fourth-order valence-electron chi connectivity index (χ4n) is 1.84. The van der Waals surface area contributed by atoms with Crippen molar-refractivity contribution in [3.8, 4) is 0 Å². The van der Waals surface area contributed by atoms with Crippen LogP contribution in [0, 0.1) is 6.92 Å². The Morgan fingerprint density at radius 1 is 1.07 bits per heavy atom. The molecule has 1 nitrogen and oxygen atoms in total. The predicted molar refractivity (Wildman–Crippen MR) is 70.2 cm³/mol. The molecule has 0 fully saturated rings. The minimum atomic E-state index is 0.897. The van der Waals surface area contributed by atoms with Gasteiger partial charge >= 0.3 is 0 Å². The number of aryl methyl sites for hydroxylation is 2. The normalized spacial score (nSPS) is 11.3. The summed E-state index contributed by atoms with van der Waals surface area (Å²) in [6, 6.07) is 0. The Hall–Kier alpha value is -0.290. The molecule has 0 spiro atoms. The number of aromatic nitrogens is 1. The number of unbranched alkanes of at least 4 members (excludes halogenated alkanes) is 6. The first kappa shape index (κ1) is 12.8. The van der Waals surface area contributed by atoms with Crippen LogP contribution in [0.25, 0.3) is 0 Å². The molecule has 0 bridgehead atoms. The van der Waals surface area contributed by atoms with E-state index in [4.69, 9.17) is 0 Å². The van der Waals surface area contributed by atoms with E-state index in [1.54, 1.807) is 0 Å². The third-order valence-electron chi connectivity index (χ3n) is 2.77. The molecule has 0 radical (unpaired) electrons. The minimum Gasteiger partial charge on any atom is -0.257 e. The Morgan fingerprint density at radius 2 is 1.73 bits per heavy atom. The van der Waals surface area contributed by atoms with Gasteiger partial charge in [0.1, 0.15) is 0 Å². The third-order valence-corrected chi connectivity index (χ3v) is 3.96. The highest BCUT2D eigenvalue weighted by Crippen LogP contribution is 2.20. The molecular weight excluding hydrogens is 201 g/mol. The second-order valence-corrected chi connectivity index (χ2v) is 6.00. The van der Waals surface area contributed by atoms with Crippen LogP contribution < -0.4 is 0 Å². The summed E-state index contributed by atoms with van der Waals surface area (Å²) in [5, 5.41) is 1.45. The van der Waals surface area contributed by atoms with Gasteiger partial charge in [0, 0.05) is 6.20 Å². The number of nitrogens with zero attached hydrogens (tertiary/aromatic N) is 1. The zero-order valence-corrected chi connectivity index (χ0v) is 11.2. The van der Waals surface area contributed by atoms with Gasteiger partial charge in [0.05, 0.1) is 5.43 Å². The Balaban J connectivity index is 1.93. The molecule has 1 rings (SSSR count). The lowest BCUT2D eigenvalue weighted by Crippen LogP contribution is -1.84. The van der Waals surface area contributed by atoms with Crippen molar-refractivity contribution in [3.63, 3.8) is 0 Å². The van der Waals surface area contributed by atoms with Crippen molar-refractivity contribution in [2.45, 2.75) is 65.2 Å². The van der Waals surface area contributed by atoms with Crippen LogP contribution in [0.4, 0.5) is 0 Å². The summed E-state index contributed by atoms with van der Waals surface area (Å²) in [5.41, 5.74) is 1.43. The van der Waals surface area contributed by atoms with Crippen molar-refractivity contribution >= 4 is 8.19 Å². The van der Waals surface area contributed by atoms with Crippen molar-refractivity contribution in [2.75, 3.05) is 0 Å². The van der Waals surface area contributed by atoms with Crippen LogP contribution in [0.3, 0.4) is 0 Å². The maximum absolute atomic E-state index is 4.43. The average Bonchev–Trinajstić information content (AvgIpc) is 2.63. The van der Waals surface area contributed by atoms with Crippen LogP contribution in [0.1, 0.15) is 62.6 Å². The van der Waals surface area contributed by atoms with Gasteiger partial charge < -0.3 is 0 Å². The molecular formula is C13H24NP. The zero-order chi connectivity index (χ0) is 10.9. The molecule has 0 aliphatic heterocycles. The van der Waals surface area contributed by atoms with Gasteiger partial charge in [-0.15, -0.1) is 8.19 Å². The highest BCUT2D eigenvalue weighted by molar-refractivity contribution is 7.31. The maximum atomic E-state index is 4.43. The molecule has 0 aliphatic rings. The van der Waals surface area contributed by atoms with Crippen LogP contribution in [-0.4, -0.2) is 4.98 Å². The SMILES string of the molecule is CCCCCCCCCc1ncc(C)[pH]1. The molecule has 0 aliphatic carbocycles. The number of rotatable bonds is 8. The summed E-state index contributed by atoms with van der Waals surface area (Å²) in [5.74, 6) is 0. The van der Waals surface area contributed by atoms with E-state index in [1.165, 1.54) is 62.1 Å². The molecule has 1 unspecified atom stereocenters. The summed E-state index contributed by atoms with van der Waals surface area (Å²) < 4.78 is 0. The van der Waals surface area contributed by atoms with E-state index in [9.17, 15) is 0 Å². The van der Waals surface area contributed by atoms with Crippen molar-refractivity contribution in [1.29, 1.82) is 0 Å². The number of hydrogen-bond acceptors (Lipinski definition) is 1. The van der Waals surface area contributed by atoms with Gasteiger partial charge in [-0.1, -0.05) is 45.4 Å². The third kappa shape index (κ3) is 5.99. The molecule has 15 heavy (non-hydrogen) atoms. The Bertz CT molecular complexity index is 255. The smallest absolute Gasteiger partial charge is 0.0564 e. The van der Waals surface area contributed by atoms with Crippen molar-refractivity contribution in [2.24, 2.45) is 0 Å². The molecule has 0 aromatic carbocycles. The fourth-order valence-corrected chi connectivity index (χ4v) is 2.86. The van der Waals surface area contributed by atoms with Crippen molar-refractivity contribution in [1.82, 2.24) is 4.98 Å². The van der Waals surface area contributed by atoms with Gasteiger partial charge in [0.2, 0.25) is 0 Å². The van der Waals surface area contributed by atoms with Crippen LogP contribution in [-0.2, 0) is 6.42 Å². The van der Waals surface area contributed by atoms with Crippen molar-refractivity contribution < 1.29 is 0 Å². The van der Waals surface area contributed by atoms with E-state index in [0.717, 1.165) is 8.19 Å². The number of hydrogen-bond donors (Lipinski definition) is 0. The van der Waals surface area contributed by atoms with Crippen LogP contribution >= 0.6 is 8.19 Å². The van der Waals surface area contributed by atoms with Crippen LogP contribution in [0.2, 0.25) is 0 Å². The molecule has 1 aromatic rings. The highest BCUT2D eigenvalue weighted by atomic mass is 31.0. The maximum Gasteiger partial charge on any atom is 0.0564 e. The monoisotopic (exact) mass is 225 g/mol. The lowest BCUT2D eigenvalue weighted by Gasteiger charge is -1.99. The van der Waals surface area contributed by atoms with Gasteiger partial charge in [-0.3, -0.25) is 4.98 Å².